The largest absolute Gasteiger partial charge is 0.338 e. The average Bonchev–Trinajstić information content (AvgIpc) is 2.42. The van der Waals surface area contributed by atoms with Crippen LogP contribution in [0, 0.1) is 5.82 Å². The van der Waals surface area contributed by atoms with Crippen LogP contribution in [0.1, 0.15) is 38.5 Å². The summed E-state index contributed by atoms with van der Waals surface area (Å²) < 4.78 is 12.9. The standard InChI is InChI=1S/C13H21FN4/c14-11-9-16-13(17-10-11)18(8-4-7-15)12-5-2-1-3-6-12/h9-10,12H,1-8,15H2. The van der Waals surface area contributed by atoms with Gasteiger partial charge in [-0.05, 0) is 25.8 Å². The first-order valence-electron chi connectivity index (χ1n) is 6.75. The highest BCUT2D eigenvalue weighted by molar-refractivity contribution is 5.30. The van der Waals surface area contributed by atoms with Crippen molar-refractivity contribution >= 4 is 5.95 Å². The number of nitrogens with two attached hydrogens (primary N) is 1. The molecule has 0 bridgehead atoms. The van der Waals surface area contributed by atoms with Gasteiger partial charge >= 0.3 is 0 Å². The lowest BCUT2D eigenvalue weighted by atomic mass is 9.94. The van der Waals surface area contributed by atoms with E-state index in [4.69, 9.17) is 5.73 Å². The first kappa shape index (κ1) is 13.2. The van der Waals surface area contributed by atoms with Crippen LogP contribution >= 0.6 is 0 Å². The molecule has 5 heteroatoms. The Hall–Kier alpha value is -1.23. The Bertz CT molecular complexity index is 349. The monoisotopic (exact) mass is 252 g/mol. The first-order chi connectivity index (χ1) is 8.81. The highest BCUT2D eigenvalue weighted by atomic mass is 19.1. The maximum absolute atomic E-state index is 12.9. The van der Waals surface area contributed by atoms with Crippen LogP contribution in [-0.2, 0) is 0 Å². The van der Waals surface area contributed by atoms with Gasteiger partial charge in [-0.2, -0.15) is 0 Å². The van der Waals surface area contributed by atoms with Gasteiger partial charge in [0, 0.05) is 12.6 Å². The molecule has 2 rings (SSSR count). The Morgan fingerprint density at radius 3 is 2.50 bits per heavy atom. The third-order valence-corrected chi connectivity index (χ3v) is 3.48. The van der Waals surface area contributed by atoms with Crippen molar-refractivity contribution in [2.45, 2.75) is 44.6 Å². The SMILES string of the molecule is NCCCN(c1ncc(F)cn1)C1CCCCC1. The van der Waals surface area contributed by atoms with E-state index in [2.05, 4.69) is 14.9 Å². The fourth-order valence-electron chi connectivity index (χ4n) is 2.55. The van der Waals surface area contributed by atoms with E-state index < -0.39 is 0 Å². The van der Waals surface area contributed by atoms with Gasteiger partial charge in [-0.25, -0.2) is 14.4 Å². The van der Waals surface area contributed by atoms with Crippen LogP contribution in [0.25, 0.3) is 0 Å². The first-order valence-corrected chi connectivity index (χ1v) is 6.75. The molecule has 0 aromatic carbocycles. The van der Waals surface area contributed by atoms with Crippen LogP contribution in [0.3, 0.4) is 0 Å². The van der Waals surface area contributed by atoms with Crippen LogP contribution in [-0.4, -0.2) is 29.1 Å². The van der Waals surface area contributed by atoms with E-state index in [1.807, 2.05) is 0 Å². The summed E-state index contributed by atoms with van der Waals surface area (Å²) in [4.78, 5) is 10.4. The van der Waals surface area contributed by atoms with Gasteiger partial charge in [-0.15, -0.1) is 0 Å². The molecule has 0 atom stereocenters. The van der Waals surface area contributed by atoms with Crippen molar-refractivity contribution < 1.29 is 4.39 Å². The molecule has 1 fully saturated rings. The Kier molecular flexibility index (Phi) is 4.87. The summed E-state index contributed by atoms with van der Waals surface area (Å²) >= 11 is 0. The highest BCUT2D eigenvalue weighted by Gasteiger charge is 2.22. The van der Waals surface area contributed by atoms with Gasteiger partial charge in [0.05, 0.1) is 12.4 Å². The van der Waals surface area contributed by atoms with Gasteiger partial charge in [0.1, 0.15) is 0 Å². The van der Waals surface area contributed by atoms with Crippen LogP contribution in [0.5, 0.6) is 0 Å². The zero-order valence-electron chi connectivity index (χ0n) is 10.7. The molecule has 0 unspecified atom stereocenters. The van der Waals surface area contributed by atoms with Crippen molar-refractivity contribution in [3.05, 3.63) is 18.2 Å². The summed E-state index contributed by atoms with van der Waals surface area (Å²) in [7, 11) is 0. The van der Waals surface area contributed by atoms with Crippen molar-refractivity contribution in [2.24, 2.45) is 5.73 Å². The smallest absolute Gasteiger partial charge is 0.225 e. The normalized spacial score (nSPS) is 16.8. The molecule has 0 amide bonds. The zero-order chi connectivity index (χ0) is 12.8. The van der Waals surface area contributed by atoms with Gasteiger partial charge in [0.2, 0.25) is 5.95 Å². The molecule has 0 saturated heterocycles. The van der Waals surface area contributed by atoms with Crippen LogP contribution < -0.4 is 10.6 Å². The Morgan fingerprint density at radius 2 is 1.89 bits per heavy atom. The van der Waals surface area contributed by atoms with Crippen molar-refractivity contribution in [1.29, 1.82) is 0 Å². The van der Waals surface area contributed by atoms with Crippen molar-refractivity contribution in [3.8, 4) is 0 Å². The molecule has 1 aliphatic carbocycles. The summed E-state index contributed by atoms with van der Waals surface area (Å²) in [5.74, 6) is 0.248. The molecule has 1 heterocycles. The summed E-state index contributed by atoms with van der Waals surface area (Å²) in [6, 6.07) is 0.482. The van der Waals surface area contributed by atoms with E-state index >= 15 is 0 Å². The molecule has 4 nitrogen and oxygen atoms in total. The number of halogens is 1. The van der Waals surface area contributed by atoms with Crippen molar-refractivity contribution in [3.63, 3.8) is 0 Å². The van der Waals surface area contributed by atoms with Gasteiger partial charge in [-0.1, -0.05) is 19.3 Å². The molecule has 1 aromatic rings. The second-order valence-electron chi connectivity index (χ2n) is 4.83. The Morgan fingerprint density at radius 1 is 1.22 bits per heavy atom. The van der Waals surface area contributed by atoms with E-state index in [1.54, 1.807) is 0 Å². The maximum atomic E-state index is 12.9. The summed E-state index contributed by atoms with van der Waals surface area (Å²) in [6.45, 7) is 1.51. The second-order valence-corrected chi connectivity index (χ2v) is 4.83. The molecule has 0 radical (unpaired) electrons. The molecule has 1 aromatic heterocycles. The number of hydrogen-bond donors (Lipinski definition) is 1. The molecule has 2 N–H and O–H groups in total. The molecule has 0 aliphatic heterocycles. The minimum Gasteiger partial charge on any atom is -0.338 e. The number of hydrogen-bond acceptors (Lipinski definition) is 4. The van der Waals surface area contributed by atoms with Crippen molar-refractivity contribution in [2.75, 3.05) is 18.0 Å². The minimum absolute atomic E-state index is 0.388. The van der Waals surface area contributed by atoms with Crippen molar-refractivity contribution in [1.82, 2.24) is 9.97 Å². The molecule has 100 valence electrons. The van der Waals surface area contributed by atoms with E-state index in [-0.39, 0.29) is 5.82 Å². The quantitative estimate of drug-likeness (QED) is 0.872. The van der Waals surface area contributed by atoms with Gasteiger partial charge < -0.3 is 10.6 Å². The van der Waals surface area contributed by atoms with E-state index in [0.29, 0.717) is 18.5 Å². The average molecular weight is 252 g/mol. The fourth-order valence-corrected chi connectivity index (χ4v) is 2.55. The van der Waals surface area contributed by atoms with Crippen LogP contribution in [0.15, 0.2) is 12.4 Å². The van der Waals surface area contributed by atoms with E-state index in [0.717, 1.165) is 13.0 Å². The fraction of sp³-hybridized carbons (Fsp3) is 0.692. The predicted molar refractivity (Wildman–Crippen MR) is 69.9 cm³/mol. The second kappa shape index (κ2) is 6.64. The van der Waals surface area contributed by atoms with E-state index in [9.17, 15) is 4.39 Å². The summed E-state index contributed by atoms with van der Waals surface area (Å²) in [6.07, 6.45) is 9.55. The molecule has 1 saturated carbocycles. The highest BCUT2D eigenvalue weighted by Crippen LogP contribution is 2.25. The Labute approximate surface area is 107 Å². The van der Waals surface area contributed by atoms with Crippen LogP contribution in [0.4, 0.5) is 10.3 Å². The molecule has 1 aliphatic rings. The predicted octanol–water partition coefficient (Wildman–Crippen LogP) is 2.10. The molecule has 18 heavy (non-hydrogen) atoms. The lowest BCUT2D eigenvalue weighted by molar-refractivity contribution is 0.408. The topological polar surface area (TPSA) is 55.0 Å². The molecule has 0 spiro atoms. The number of rotatable bonds is 5. The summed E-state index contributed by atoms with van der Waals surface area (Å²) in [5.41, 5.74) is 5.58. The lowest BCUT2D eigenvalue weighted by Gasteiger charge is -2.34. The number of anilines is 1. The van der Waals surface area contributed by atoms with Gasteiger partial charge in [0.25, 0.3) is 0 Å². The maximum Gasteiger partial charge on any atom is 0.225 e. The lowest BCUT2D eigenvalue weighted by Crippen LogP contribution is -2.39. The molecular formula is C13H21FN4. The third kappa shape index (κ3) is 3.38. The summed E-state index contributed by atoms with van der Waals surface area (Å²) in [5, 5.41) is 0. The minimum atomic E-state index is -0.388. The van der Waals surface area contributed by atoms with Gasteiger partial charge in [0.15, 0.2) is 5.82 Å². The number of nitrogens with zero attached hydrogens (tertiary/aromatic N) is 3. The van der Waals surface area contributed by atoms with Crippen LogP contribution in [0.2, 0.25) is 0 Å². The number of aromatic nitrogens is 2. The molecular weight excluding hydrogens is 231 g/mol. The third-order valence-electron chi connectivity index (χ3n) is 3.48. The zero-order valence-corrected chi connectivity index (χ0v) is 10.7. The van der Waals surface area contributed by atoms with E-state index in [1.165, 1.54) is 44.5 Å². The van der Waals surface area contributed by atoms with Gasteiger partial charge in [-0.3, -0.25) is 0 Å². The Balaban J connectivity index is 2.10.